The Kier molecular flexibility index (Phi) is 20.8. The van der Waals surface area contributed by atoms with Crippen molar-refractivity contribution in [2.45, 2.75) is 131 Å². The van der Waals surface area contributed by atoms with Crippen LogP contribution in [0.3, 0.4) is 0 Å². The molecule has 5 saturated heterocycles. The Morgan fingerprint density at radius 1 is 0.472 bits per heavy atom. The lowest BCUT2D eigenvalue weighted by atomic mass is 10.2. The van der Waals surface area contributed by atoms with E-state index in [9.17, 15) is 71.6 Å². The number of nitrogens with two attached hydrogens (primary N) is 4. The number of rotatable bonds is 28. The maximum absolute atomic E-state index is 14.3. The number of H-pyrrole nitrogens is 3. The van der Waals surface area contributed by atoms with Crippen molar-refractivity contribution in [3.8, 4) is 0 Å². The van der Waals surface area contributed by atoms with Gasteiger partial charge >= 0.3 is 45.2 Å². The Balaban J connectivity index is 0.670. The molecule has 5 unspecified atom stereocenters. The Bertz CT molecular complexity index is 5310. The first-order valence-corrected chi connectivity index (χ1v) is 38.4. The molecule has 51 nitrogen and oxygen atoms in total. The van der Waals surface area contributed by atoms with Crippen LogP contribution in [-0.2, 0) is 87.2 Å². The molecule has 9 aromatic heterocycles. The molecule has 0 aromatic carbocycles. The summed E-state index contributed by atoms with van der Waals surface area (Å²) in [6, 6.07) is 0. The molecule has 0 radical (unpaired) electrons. The van der Waals surface area contributed by atoms with E-state index in [0.717, 1.165) is 29.7 Å². The van der Waals surface area contributed by atoms with Crippen molar-refractivity contribution >= 4 is 108 Å². The molecule has 20 atom stereocenters. The van der Waals surface area contributed by atoms with E-state index >= 15 is 0 Å². The smallest absolute Gasteiger partial charge is 0.390 e. The summed E-state index contributed by atoms with van der Waals surface area (Å²) in [5.74, 6) is -0.605. The second-order valence-corrected chi connectivity index (χ2v) is 30.6. The molecule has 5 aliphatic rings. The summed E-state index contributed by atoms with van der Waals surface area (Å²) < 4.78 is 154. The van der Waals surface area contributed by atoms with Gasteiger partial charge in [-0.2, -0.15) is 9.97 Å². The fourth-order valence-electron chi connectivity index (χ4n) is 12.4. The number of ether oxygens (including phenoxy) is 5. The lowest BCUT2D eigenvalue weighted by molar-refractivity contribution is -0.0636. The van der Waals surface area contributed by atoms with E-state index < -0.39 is 206 Å². The minimum Gasteiger partial charge on any atom is -0.390 e. The molecule has 14 heterocycles. The number of hydrogen-bond acceptors (Lipinski definition) is 38. The van der Waals surface area contributed by atoms with E-state index in [1.165, 1.54) is 44.2 Å². The van der Waals surface area contributed by atoms with Gasteiger partial charge in [0.05, 0.1) is 57.8 Å². The predicted molar refractivity (Wildman–Crippen MR) is 348 cm³/mol. The number of nitrogen functional groups attached to an aromatic ring is 4. The molecule has 0 aliphatic carbocycles. The second kappa shape index (κ2) is 29.5. The normalized spacial score (nSPS) is 28.8. The Morgan fingerprint density at radius 3 is 1.21 bits per heavy atom. The first kappa shape index (κ1) is 74.7. The van der Waals surface area contributed by atoms with E-state index in [2.05, 4.69) is 64.8 Å². The number of phosphoric acid groups is 4. The van der Waals surface area contributed by atoms with Gasteiger partial charge in [0.1, 0.15) is 116 Å². The van der Waals surface area contributed by atoms with Crippen molar-refractivity contribution in [3.05, 3.63) is 91.3 Å². The van der Waals surface area contributed by atoms with Crippen molar-refractivity contribution < 1.29 is 117 Å². The van der Waals surface area contributed by atoms with Gasteiger partial charge < -0.3 is 71.3 Å². The van der Waals surface area contributed by atoms with Crippen LogP contribution in [0.5, 0.6) is 0 Å². The minimum atomic E-state index is -5.56. The molecule has 0 bridgehead atoms. The first-order valence-electron chi connectivity index (χ1n) is 31.3. The molecule has 14 rings (SSSR count). The van der Waals surface area contributed by atoms with Crippen molar-refractivity contribution in [3.63, 3.8) is 0 Å². The fraction of sp³-hybridized carbons (Fsp3) is 0.520. The summed E-state index contributed by atoms with van der Waals surface area (Å²) in [4.78, 5) is 154. The summed E-state index contributed by atoms with van der Waals surface area (Å²) in [7, 11) is -24.9. The average molecular weight is 1590 g/mol. The number of aryl methyl sites for hydroxylation is 1. The zero-order chi connectivity index (χ0) is 75.1. The number of aromatic nitrogens is 18. The quantitative estimate of drug-likeness (QED) is 0.0251. The Labute approximate surface area is 588 Å². The Morgan fingerprint density at radius 2 is 0.811 bits per heavy atom. The van der Waals surface area contributed by atoms with E-state index in [1.807, 2.05) is 0 Å². The van der Waals surface area contributed by atoms with Crippen LogP contribution in [-0.4, -0.2) is 211 Å². The van der Waals surface area contributed by atoms with Crippen LogP contribution in [0.25, 0.3) is 44.7 Å². The highest BCUT2D eigenvalue weighted by atomic mass is 31.2. The molecular formula is C50H62N22O29P5+. The molecule has 5 fully saturated rings. The van der Waals surface area contributed by atoms with Gasteiger partial charge in [0.25, 0.3) is 16.7 Å². The van der Waals surface area contributed by atoms with E-state index in [0.29, 0.717) is 0 Å². The van der Waals surface area contributed by atoms with Crippen LogP contribution in [0, 0.1) is 6.92 Å². The number of fused-ring (bicyclic) bond motifs is 4. The van der Waals surface area contributed by atoms with Crippen molar-refractivity contribution in [1.29, 1.82) is 0 Å². The molecule has 106 heavy (non-hydrogen) atoms. The highest BCUT2D eigenvalue weighted by Crippen LogP contribution is 2.55. The zero-order valence-corrected chi connectivity index (χ0v) is 58.6. The number of aliphatic hydroxyl groups excluding tert-OH is 1. The zero-order valence-electron chi connectivity index (χ0n) is 54.1. The maximum atomic E-state index is 14.3. The molecule has 9 aromatic rings. The van der Waals surface area contributed by atoms with Gasteiger partial charge in [-0.3, -0.25) is 88.4 Å². The number of phosphoric ester groups is 4. The third kappa shape index (κ3) is 15.9. The lowest BCUT2D eigenvalue weighted by Crippen LogP contribution is -2.33. The summed E-state index contributed by atoms with van der Waals surface area (Å²) >= 11 is 0. The highest BCUT2D eigenvalue weighted by molar-refractivity contribution is 7.48. The third-order valence-electron chi connectivity index (χ3n) is 17.3. The van der Waals surface area contributed by atoms with Crippen LogP contribution in [0.1, 0.15) is 68.8 Å². The molecule has 570 valence electrons. The molecule has 56 heteroatoms. The maximum Gasteiger partial charge on any atom is 0.694 e. The van der Waals surface area contributed by atoms with Gasteiger partial charge in [0.2, 0.25) is 11.9 Å². The second-order valence-electron chi connectivity index (χ2n) is 24.3. The van der Waals surface area contributed by atoms with E-state index in [4.69, 9.17) is 87.3 Å². The van der Waals surface area contributed by atoms with Crippen molar-refractivity contribution in [2.75, 3.05) is 56.0 Å². The summed E-state index contributed by atoms with van der Waals surface area (Å²) in [6.45, 7) is -3.19. The van der Waals surface area contributed by atoms with Gasteiger partial charge in [-0.25, -0.2) is 62.9 Å². The SMILES string of the molecule is Cc1cn([C@H]2C[C@H](OP(=O)(O)OC[C@H]3O[C@@H](n4cnc5c(=O)[nH]c(N)nc54)C[C@@H]3OP(=O)(O)OC[C@H]3O[C@@H](n4cnc5c(=O)[nH]c(N)nc54)C[C@@H]3O)[C@@H](COP(=O)(O)O[C@H]3C[C@H](n4cnc5c(N)ncnc54)O[C@@H]3COP(=O)(O)O[C@H]3C[C@H](n4cnc5c(N)ncnc54)O[C@@H]3CO[P+](=O)O)O2)c(=O)[nH]c1=O. The number of aromatic amines is 3. The van der Waals surface area contributed by atoms with Crippen LogP contribution in [0.2, 0.25) is 0 Å². The van der Waals surface area contributed by atoms with Crippen LogP contribution >= 0.6 is 39.5 Å². The predicted octanol–water partition coefficient (Wildman–Crippen LogP) is -1.41. The Hall–Kier alpha value is -8.10. The summed E-state index contributed by atoms with van der Waals surface area (Å²) in [5.41, 5.74) is 20.5. The molecule has 17 N–H and O–H groups in total. The molecule has 0 saturated carbocycles. The summed E-state index contributed by atoms with van der Waals surface area (Å²) in [5, 5.41) is 11.0. The number of anilines is 4. The van der Waals surface area contributed by atoms with E-state index in [-0.39, 0.29) is 86.6 Å². The standard InChI is InChI=1S/C50H61N22O29P5/c1-19-7-68(50(77)67-45(19)74)31-3-22(99-105(84,85)92-12-29-24(6-34(97-29)72-18-62-38-44(72)64-49(54)66-47(38)76)100-103(80,81)89-9-25-20(73)2-30(93-25)71-17-61-37-43(71)63-48(53)65-46(37)75)27(95-31)10-90-106(86,87)101-23-5-33(70-16-60-36-40(52)56-14-58-42(36)70)96-28(23)11-91-104(82,83)98-21-4-32(94-26(21)8-88-102(78)79)69-15-59-35-39(51)55-13-57-41(35)69/h7,13-18,20-34,73H,2-6,8-12H2,1H3,(H15-,51,52,53,54,55,56,57,58,63,64,65,66,67,74,75,76,77,78,79,80,81,82,83,84,85,86,87)/p+1/t20-,21-,22-,23-,24-,25+,26+,27+,28+,29+,30+,31+,32+,33+,34+/m0/s1. The van der Waals surface area contributed by atoms with Crippen LogP contribution < -0.4 is 45.3 Å². The monoisotopic (exact) mass is 1590 g/mol. The number of imidazole rings is 4. The largest absolute Gasteiger partial charge is 0.694 e. The number of nitrogens with zero attached hydrogens (tertiary/aromatic N) is 15. The van der Waals surface area contributed by atoms with Gasteiger partial charge in [0.15, 0.2) is 45.3 Å². The van der Waals surface area contributed by atoms with E-state index in [1.54, 1.807) is 0 Å². The van der Waals surface area contributed by atoms with Gasteiger partial charge in [-0.05, 0) is 6.92 Å². The number of aliphatic hydroxyl groups is 1. The van der Waals surface area contributed by atoms with Crippen LogP contribution in [0.15, 0.2) is 63.3 Å². The molecular weight excluding hydrogens is 1530 g/mol. The lowest BCUT2D eigenvalue weighted by Gasteiger charge is -2.25. The molecule has 5 aliphatic heterocycles. The van der Waals surface area contributed by atoms with Crippen LogP contribution in [0.4, 0.5) is 23.5 Å². The molecule has 0 amide bonds. The van der Waals surface area contributed by atoms with Crippen molar-refractivity contribution in [2.24, 2.45) is 0 Å². The fourth-order valence-corrected chi connectivity index (χ4v) is 16.6. The van der Waals surface area contributed by atoms with Gasteiger partial charge in [-0.1, -0.05) is 0 Å². The summed E-state index contributed by atoms with van der Waals surface area (Å²) in [6.07, 6.45) is -15.2. The average Bonchev–Trinajstić information content (AvgIpc) is 1.67. The third-order valence-corrected chi connectivity index (χ3v) is 21.8. The minimum absolute atomic E-state index is 0.00588. The van der Waals surface area contributed by atoms with Gasteiger partial charge in [-0.15, -0.1) is 9.42 Å². The number of nitrogens with one attached hydrogen (secondary N) is 3. The number of hydrogen-bond donors (Lipinski definition) is 13. The van der Waals surface area contributed by atoms with Gasteiger partial charge in [0, 0.05) is 48.4 Å². The molecule has 0 spiro atoms. The first-order chi connectivity index (χ1) is 50.3. The van der Waals surface area contributed by atoms with Crippen molar-refractivity contribution in [1.82, 2.24) is 87.6 Å². The highest BCUT2D eigenvalue weighted by Gasteiger charge is 2.51. The topological polar surface area (TPSA) is 709 Å².